The van der Waals surface area contributed by atoms with E-state index in [1.165, 1.54) is 0 Å². The number of hydrogen-bond acceptors (Lipinski definition) is 3. The van der Waals surface area contributed by atoms with Crippen LogP contribution in [0.25, 0.3) is 0 Å². The lowest BCUT2D eigenvalue weighted by Gasteiger charge is -2.22. The summed E-state index contributed by atoms with van der Waals surface area (Å²) in [7, 11) is 0. The first-order valence-corrected chi connectivity index (χ1v) is 6.87. The molecule has 1 aromatic rings. The molecule has 0 spiro atoms. The van der Waals surface area contributed by atoms with E-state index in [0.29, 0.717) is 24.9 Å². The molecular weight excluding hydrogens is 241 g/mol. The van der Waals surface area contributed by atoms with Gasteiger partial charge in [-0.3, -0.25) is 10.8 Å². The first-order valence-electron chi connectivity index (χ1n) is 6.87. The molecule has 4 heteroatoms. The Morgan fingerprint density at radius 3 is 2.95 bits per heavy atom. The van der Waals surface area contributed by atoms with Gasteiger partial charge in [0, 0.05) is 30.4 Å². The van der Waals surface area contributed by atoms with E-state index < -0.39 is 0 Å². The van der Waals surface area contributed by atoms with Crippen molar-refractivity contribution in [3.05, 3.63) is 41.5 Å². The lowest BCUT2D eigenvalue weighted by Crippen LogP contribution is -2.36. The van der Waals surface area contributed by atoms with Crippen molar-refractivity contribution >= 4 is 0 Å². The molecule has 0 bridgehead atoms. The molecule has 1 aliphatic rings. The smallest absolute Gasteiger partial charge is 0.0960 e. The molecule has 0 fully saturated rings. The largest absolute Gasteiger partial charge is 0.268 e. The summed E-state index contributed by atoms with van der Waals surface area (Å²) in [6.07, 6.45) is 5.64. The molecule has 0 aliphatic heterocycles. The standard InChI is InChI=1S/C15H22FN3/c1-11(2)19(17)10-12-7-8-18-15(9-12)13-3-5-14(16)6-4-13/h5,7-9,11,13H,3-4,6,10,17H2,1-2H3. The molecule has 2 rings (SSSR count). The lowest BCUT2D eigenvalue weighted by molar-refractivity contribution is 0.219. The van der Waals surface area contributed by atoms with E-state index in [1.54, 1.807) is 11.1 Å². The Morgan fingerprint density at radius 1 is 1.53 bits per heavy atom. The van der Waals surface area contributed by atoms with Crippen molar-refractivity contribution in [2.45, 2.75) is 51.6 Å². The highest BCUT2D eigenvalue weighted by Gasteiger charge is 2.18. The normalized spacial score (nSPS) is 19.9. The van der Waals surface area contributed by atoms with Gasteiger partial charge in [0.05, 0.1) is 5.83 Å². The Bertz CT molecular complexity index is 456. The summed E-state index contributed by atoms with van der Waals surface area (Å²) in [6, 6.07) is 4.40. The van der Waals surface area contributed by atoms with Gasteiger partial charge in [-0.2, -0.15) is 0 Å². The summed E-state index contributed by atoms with van der Waals surface area (Å²) in [6.45, 7) is 4.84. The van der Waals surface area contributed by atoms with Crippen LogP contribution in [0, 0.1) is 0 Å². The Balaban J connectivity index is 2.07. The second-order valence-corrected chi connectivity index (χ2v) is 5.48. The molecule has 3 nitrogen and oxygen atoms in total. The van der Waals surface area contributed by atoms with Crippen molar-refractivity contribution in [1.29, 1.82) is 0 Å². The van der Waals surface area contributed by atoms with E-state index in [9.17, 15) is 4.39 Å². The molecular formula is C15H22FN3. The topological polar surface area (TPSA) is 42.1 Å². The average molecular weight is 263 g/mol. The molecule has 0 radical (unpaired) electrons. The molecule has 2 N–H and O–H groups in total. The molecule has 1 aromatic heterocycles. The van der Waals surface area contributed by atoms with Crippen LogP contribution in [0.5, 0.6) is 0 Å². The van der Waals surface area contributed by atoms with Gasteiger partial charge in [-0.05, 0) is 50.8 Å². The monoisotopic (exact) mass is 263 g/mol. The third-order valence-electron chi connectivity index (χ3n) is 3.65. The molecule has 0 saturated carbocycles. The summed E-state index contributed by atoms with van der Waals surface area (Å²) < 4.78 is 13.0. The second kappa shape index (κ2) is 6.26. The van der Waals surface area contributed by atoms with Crippen molar-refractivity contribution < 1.29 is 4.39 Å². The van der Waals surface area contributed by atoms with Gasteiger partial charge in [-0.15, -0.1) is 0 Å². The van der Waals surface area contributed by atoms with Crippen molar-refractivity contribution in [3.8, 4) is 0 Å². The van der Waals surface area contributed by atoms with Crippen LogP contribution in [0.15, 0.2) is 30.2 Å². The van der Waals surface area contributed by atoms with Crippen LogP contribution in [-0.2, 0) is 6.54 Å². The average Bonchev–Trinajstić information content (AvgIpc) is 2.39. The number of allylic oxidation sites excluding steroid dienone is 2. The van der Waals surface area contributed by atoms with Crippen LogP contribution in [0.1, 0.15) is 50.3 Å². The summed E-state index contributed by atoms with van der Waals surface area (Å²) in [4.78, 5) is 4.43. The van der Waals surface area contributed by atoms with E-state index in [4.69, 9.17) is 5.84 Å². The number of pyridine rings is 1. The third-order valence-corrected chi connectivity index (χ3v) is 3.65. The molecule has 1 unspecified atom stereocenters. The van der Waals surface area contributed by atoms with Gasteiger partial charge in [0.2, 0.25) is 0 Å². The van der Waals surface area contributed by atoms with Crippen LogP contribution >= 0.6 is 0 Å². The number of halogens is 1. The van der Waals surface area contributed by atoms with E-state index in [1.807, 2.05) is 12.3 Å². The maximum atomic E-state index is 13.0. The first-order chi connectivity index (χ1) is 9.06. The van der Waals surface area contributed by atoms with E-state index in [0.717, 1.165) is 24.1 Å². The third kappa shape index (κ3) is 3.85. The minimum absolute atomic E-state index is 0.0142. The molecule has 0 aromatic carbocycles. The Hall–Kier alpha value is -1.26. The molecule has 0 saturated heterocycles. The maximum Gasteiger partial charge on any atom is 0.0960 e. The SMILES string of the molecule is CC(C)N(N)Cc1ccnc(C2CC=C(F)CC2)c1. The molecule has 1 aliphatic carbocycles. The predicted molar refractivity (Wildman–Crippen MR) is 74.9 cm³/mol. The summed E-state index contributed by atoms with van der Waals surface area (Å²) in [5.41, 5.74) is 2.22. The van der Waals surface area contributed by atoms with Gasteiger partial charge in [0.15, 0.2) is 0 Å². The van der Waals surface area contributed by atoms with Crippen molar-refractivity contribution in [1.82, 2.24) is 9.99 Å². The fourth-order valence-corrected chi connectivity index (χ4v) is 2.28. The predicted octanol–water partition coefficient (Wildman–Crippen LogP) is 3.29. The van der Waals surface area contributed by atoms with Gasteiger partial charge in [0.1, 0.15) is 0 Å². The van der Waals surface area contributed by atoms with Gasteiger partial charge >= 0.3 is 0 Å². The fraction of sp³-hybridized carbons (Fsp3) is 0.533. The van der Waals surface area contributed by atoms with Crippen LogP contribution in [0.2, 0.25) is 0 Å². The van der Waals surface area contributed by atoms with Gasteiger partial charge in [-0.25, -0.2) is 9.40 Å². The highest BCUT2D eigenvalue weighted by molar-refractivity contribution is 5.21. The van der Waals surface area contributed by atoms with Gasteiger partial charge in [0.25, 0.3) is 0 Å². The van der Waals surface area contributed by atoms with Crippen LogP contribution in [0.3, 0.4) is 0 Å². The maximum absolute atomic E-state index is 13.0. The first kappa shape index (κ1) is 14.2. The zero-order valence-corrected chi connectivity index (χ0v) is 11.6. The highest BCUT2D eigenvalue weighted by atomic mass is 19.1. The molecule has 104 valence electrons. The number of hydrogen-bond donors (Lipinski definition) is 1. The second-order valence-electron chi connectivity index (χ2n) is 5.48. The quantitative estimate of drug-likeness (QED) is 0.669. The lowest BCUT2D eigenvalue weighted by atomic mass is 9.90. The number of aromatic nitrogens is 1. The number of rotatable bonds is 4. The van der Waals surface area contributed by atoms with E-state index in [2.05, 4.69) is 24.9 Å². The minimum Gasteiger partial charge on any atom is -0.268 e. The van der Waals surface area contributed by atoms with Crippen LogP contribution < -0.4 is 5.84 Å². The number of nitrogens with zero attached hydrogens (tertiary/aromatic N) is 2. The van der Waals surface area contributed by atoms with E-state index in [-0.39, 0.29) is 5.83 Å². The Morgan fingerprint density at radius 2 is 2.32 bits per heavy atom. The fourth-order valence-electron chi connectivity index (χ4n) is 2.28. The Labute approximate surface area is 114 Å². The Kier molecular flexibility index (Phi) is 4.66. The summed E-state index contributed by atoms with van der Waals surface area (Å²) in [5, 5.41) is 1.81. The van der Waals surface area contributed by atoms with Crippen LogP contribution in [-0.4, -0.2) is 16.0 Å². The van der Waals surface area contributed by atoms with E-state index >= 15 is 0 Å². The zero-order chi connectivity index (χ0) is 13.8. The molecule has 19 heavy (non-hydrogen) atoms. The van der Waals surface area contributed by atoms with Crippen molar-refractivity contribution in [3.63, 3.8) is 0 Å². The van der Waals surface area contributed by atoms with Crippen LogP contribution in [0.4, 0.5) is 4.39 Å². The zero-order valence-electron chi connectivity index (χ0n) is 11.6. The summed E-state index contributed by atoms with van der Waals surface area (Å²) in [5.74, 6) is 6.30. The molecule has 0 amide bonds. The van der Waals surface area contributed by atoms with Gasteiger partial charge in [-0.1, -0.05) is 6.08 Å². The number of nitrogens with two attached hydrogens (primary N) is 1. The van der Waals surface area contributed by atoms with Gasteiger partial charge < -0.3 is 0 Å². The summed E-state index contributed by atoms with van der Waals surface area (Å²) >= 11 is 0. The van der Waals surface area contributed by atoms with Crippen molar-refractivity contribution in [2.24, 2.45) is 5.84 Å². The molecule has 1 heterocycles. The molecule has 1 atom stereocenters. The minimum atomic E-state index is 0.0142. The van der Waals surface area contributed by atoms with Crippen molar-refractivity contribution in [2.75, 3.05) is 0 Å². The highest BCUT2D eigenvalue weighted by Crippen LogP contribution is 2.31. The number of hydrazine groups is 1.